The van der Waals surface area contributed by atoms with Gasteiger partial charge >= 0.3 is 0 Å². The van der Waals surface area contributed by atoms with Crippen molar-refractivity contribution in [1.29, 1.82) is 0 Å². The number of halogens is 1. The Bertz CT molecular complexity index is 676. The van der Waals surface area contributed by atoms with E-state index in [0.29, 0.717) is 5.92 Å². The molecule has 108 valence electrons. The largest absolute Gasteiger partial charge is 0.325 e. The molecule has 0 spiro atoms. The number of benzene rings is 2. The fraction of sp³-hybridized carbons (Fsp3) is 0.278. The predicted octanol–water partition coefficient (Wildman–Crippen LogP) is 4.85. The highest BCUT2D eigenvalue weighted by atomic mass is 79.9. The Morgan fingerprint density at radius 3 is 2.52 bits per heavy atom. The van der Waals surface area contributed by atoms with E-state index in [1.165, 1.54) is 11.1 Å². The third-order valence-corrected chi connectivity index (χ3v) is 4.54. The van der Waals surface area contributed by atoms with Crippen LogP contribution in [0, 0.1) is 0 Å². The molecule has 1 aliphatic rings. The van der Waals surface area contributed by atoms with Crippen LogP contribution in [-0.4, -0.2) is 5.91 Å². The van der Waals surface area contributed by atoms with E-state index in [9.17, 15) is 4.79 Å². The zero-order valence-electron chi connectivity index (χ0n) is 12.2. The van der Waals surface area contributed by atoms with Crippen molar-refractivity contribution in [3.8, 4) is 0 Å². The molecule has 3 rings (SSSR count). The molecule has 0 radical (unpaired) electrons. The molecule has 2 aromatic carbocycles. The van der Waals surface area contributed by atoms with E-state index in [1.54, 1.807) is 0 Å². The highest BCUT2D eigenvalue weighted by Gasteiger charge is 2.30. The molecule has 1 amide bonds. The summed E-state index contributed by atoms with van der Waals surface area (Å²) in [5.74, 6) is 0.531. The highest BCUT2D eigenvalue weighted by molar-refractivity contribution is 9.10. The van der Waals surface area contributed by atoms with Crippen LogP contribution >= 0.6 is 15.9 Å². The van der Waals surface area contributed by atoms with Gasteiger partial charge in [0.05, 0.1) is 5.92 Å². The first-order chi connectivity index (χ1) is 10.0. The molecule has 0 bridgehead atoms. The number of nitrogens with one attached hydrogen (secondary N) is 1. The Labute approximate surface area is 133 Å². The van der Waals surface area contributed by atoms with E-state index >= 15 is 0 Å². The van der Waals surface area contributed by atoms with Crippen LogP contribution in [0.2, 0.25) is 0 Å². The molecule has 2 aromatic rings. The third kappa shape index (κ3) is 2.88. The molecule has 1 N–H and O–H groups in total. The standard InChI is InChI=1S/C18H18BrNO/c1-11(2)13-5-3-12(4-6-13)9-16-15-10-14(19)7-8-17(15)20-18(16)21/h3-8,10-11,16H,9H2,1-2H3,(H,20,21). The van der Waals surface area contributed by atoms with E-state index in [4.69, 9.17) is 0 Å². The van der Waals surface area contributed by atoms with Gasteiger partial charge in [0.25, 0.3) is 0 Å². The highest BCUT2D eigenvalue weighted by Crippen LogP contribution is 2.36. The number of anilines is 1. The number of fused-ring (bicyclic) bond motifs is 1. The molecule has 0 saturated heterocycles. The van der Waals surface area contributed by atoms with E-state index in [2.05, 4.69) is 59.4 Å². The lowest BCUT2D eigenvalue weighted by Crippen LogP contribution is -2.14. The first-order valence-corrected chi connectivity index (χ1v) is 8.03. The minimum absolute atomic E-state index is 0.0936. The lowest BCUT2D eigenvalue weighted by molar-refractivity contribution is -0.117. The van der Waals surface area contributed by atoms with Crippen molar-refractivity contribution >= 4 is 27.5 Å². The van der Waals surface area contributed by atoms with Crippen molar-refractivity contribution in [1.82, 2.24) is 0 Å². The Balaban J connectivity index is 1.85. The van der Waals surface area contributed by atoms with Gasteiger partial charge in [0, 0.05) is 10.2 Å². The second kappa shape index (κ2) is 5.64. The molecule has 3 heteroatoms. The summed E-state index contributed by atoms with van der Waals surface area (Å²) in [6, 6.07) is 14.6. The molecule has 21 heavy (non-hydrogen) atoms. The third-order valence-electron chi connectivity index (χ3n) is 4.05. The van der Waals surface area contributed by atoms with Crippen LogP contribution in [0.15, 0.2) is 46.9 Å². The van der Waals surface area contributed by atoms with E-state index in [1.807, 2.05) is 18.2 Å². The number of carbonyl (C=O) groups excluding carboxylic acids is 1. The Hall–Kier alpha value is -1.61. The van der Waals surface area contributed by atoms with Crippen LogP contribution in [0.5, 0.6) is 0 Å². The molecule has 1 atom stereocenters. The van der Waals surface area contributed by atoms with Crippen LogP contribution in [0.4, 0.5) is 5.69 Å². The molecule has 0 aromatic heterocycles. The van der Waals surface area contributed by atoms with Crippen LogP contribution in [-0.2, 0) is 11.2 Å². The van der Waals surface area contributed by atoms with Crippen molar-refractivity contribution in [3.63, 3.8) is 0 Å². The molecule has 1 heterocycles. The zero-order chi connectivity index (χ0) is 15.0. The average molecular weight is 344 g/mol. The lowest BCUT2D eigenvalue weighted by Gasteiger charge is -2.11. The molecule has 1 unspecified atom stereocenters. The first-order valence-electron chi connectivity index (χ1n) is 7.24. The molecule has 0 saturated carbocycles. The van der Waals surface area contributed by atoms with Gasteiger partial charge in [-0.25, -0.2) is 0 Å². The number of hydrogen-bond donors (Lipinski definition) is 1. The van der Waals surface area contributed by atoms with Gasteiger partial charge in [0.1, 0.15) is 0 Å². The summed E-state index contributed by atoms with van der Waals surface area (Å²) in [7, 11) is 0. The monoisotopic (exact) mass is 343 g/mol. The van der Waals surface area contributed by atoms with Gasteiger partial charge in [0.2, 0.25) is 5.91 Å². The van der Waals surface area contributed by atoms with Gasteiger partial charge in [-0.15, -0.1) is 0 Å². The summed E-state index contributed by atoms with van der Waals surface area (Å²) in [6.07, 6.45) is 0.744. The second-order valence-corrected chi connectivity index (χ2v) is 6.79. The van der Waals surface area contributed by atoms with Crippen molar-refractivity contribution in [2.75, 3.05) is 5.32 Å². The average Bonchev–Trinajstić information content (AvgIpc) is 2.76. The zero-order valence-corrected chi connectivity index (χ0v) is 13.8. The fourth-order valence-electron chi connectivity index (χ4n) is 2.77. The van der Waals surface area contributed by atoms with Crippen LogP contribution in [0.3, 0.4) is 0 Å². The van der Waals surface area contributed by atoms with E-state index < -0.39 is 0 Å². The number of carbonyl (C=O) groups is 1. The summed E-state index contributed by atoms with van der Waals surface area (Å²) >= 11 is 3.48. The predicted molar refractivity (Wildman–Crippen MR) is 89.7 cm³/mol. The van der Waals surface area contributed by atoms with Gasteiger partial charge in [-0.3, -0.25) is 4.79 Å². The fourth-order valence-corrected chi connectivity index (χ4v) is 3.15. The number of amides is 1. The number of rotatable bonds is 3. The Morgan fingerprint density at radius 1 is 1.14 bits per heavy atom. The van der Waals surface area contributed by atoms with Crippen LogP contribution in [0.25, 0.3) is 0 Å². The minimum Gasteiger partial charge on any atom is -0.325 e. The first kappa shape index (κ1) is 14.3. The van der Waals surface area contributed by atoms with Gasteiger partial charge < -0.3 is 5.32 Å². The van der Waals surface area contributed by atoms with Gasteiger partial charge in [-0.1, -0.05) is 54.0 Å². The van der Waals surface area contributed by atoms with Gasteiger partial charge in [-0.2, -0.15) is 0 Å². The normalized spacial score (nSPS) is 17.0. The summed E-state index contributed by atoms with van der Waals surface area (Å²) < 4.78 is 1.01. The smallest absolute Gasteiger partial charge is 0.232 e. The maximum atomic E-state index is 12.2. The van der Waals surface area contributed by atoms with Crippen LogP contribution in [0.1, 0.15) is 42.4 Å². The summed E-state index contributed by atoms with van der Waals surface area (Å²) in [6.45, 7) is 4.38. The quantitative estimate of drug-likeness (QED) is 0.847. The summed E-state index contributed by atoms with van der Waals surface area (Å²) in [4.78, 5) is 12.2. The van der Waals surface area contributed by atoms with Crippen molar-refractivity contribution in [2.45, 2.75) is 32.1 Å². The Morgan fingerprint density at radius 2 is 1.86 bits per heavy atom. The molecule has 0 aliphatic carbocycles. The van der Waals surface area contributed by atoms with Crippen molar-refractivity contribution in [3.05, 3.63) is 63.6 Å². The molecule has 0 fully saturated rings. The molecular formula is C18H18BrNO. The maximum absolute atomic E-state index is 12.2. The maximum Gasteiger partial charge on any atom is 0.232 e. The molecule has 1 aliphatic heterocycles. The van der Waals surface area contributed by atoms with Crippen LogP contribution < -0.4 is 5.32 Å². The summed E-state index contributed by atoms with van der Waals surface area (Å²) in [5.41, 5.74) is 4.56. The van der Waals surface area contributed by atoms with Crippen molar-refractivity contribution in [2.24, 2.45) is 0 Å². The van der Waals surface area contributed by atoms with Crippen molar-refractivity contribution < 1.29 is 4.79 Å². The molecule has 2 nitrogen and oxygen atoms in total. The summed E-state index contributed by atoms with van der Waals surface area (Å²) in [5, 5.41) is 2.96. The second-order valence-electron chi connectivity index (χ2n) is 5.87. The SMILES string of the molecule is CC(C)c1ccc(CC2C(=O)Nc3ccc(Br)cc32)cc1. The van der Waals surface area contributed by atoms with E-state index in [-0.39, 0.29) is 11.8 Å². The minimum atomic E-state index is -0.0950. The van der Waals surface area contributed by atoms with E-state index in [0.717, 1.165) is 22.1 Å². The van der Waals surface area contributed by atoms with Gasteiger partial charge in [0.15, 0.2) is 0 Å². The number of hydrogen-bond acceptors (Lipinski definition) is 1. The lowest BCUT2D eigenvalue weighted by atomic mass is 9.92. The molecular weight excluding hydrogens is 326 g/mol. The topological polar surface area (TPSA) is 29.1 Å². The Kier molecular flexibility index (Phi) is 3.85. The van der Waals surface area contributed by atoms with Gasteiger partial charge in [-0.05, 0) is 47.2 Å².